The quantitative estimate of drug-likeness (QED) is 0.883. The third kappa shape index (κ3) is 4.36. The van der Waals surface area contributed by atoms with Gasteiger partial charge in [0.05, 0.1) is 6.54 Å². The van der Waals surface area contributed by atoms with Crippen molar-refractivity contribution in [2.75, 3.05) is 18.9 Å². The summed E-state index contributed by atoms with van der Waals surface area (Å²) in [5.74, 6) is -0.0467. The number of rotatable bonds is 4. The van der Waals surface area contributed by atoms with Gasteiger partial charge in [0.25, 0.3) is 0 Å². The Hall–Kier alpha value is -2.28. The number of amides is 2. The van der Waals surface area contributed by atoms with Crippen LogP contribution in [-0.4, -0.2) is 51.7 Å². The number of likely N-dealkylation sites (N-methyl/N-ethyl adjacent to an activating group) is 1. The van der Waals surface area contributed by atoms with Gasteiger partial charge >= 0.3 is 12.2 Å². The number of halogens is 3. The second-order valence-corrected chi connectivity index (χ2v) is 4.95. The van der Waals surface area contributed by atoms with Gasteiger partial charge in [-0.1, -0.05) is 0 Å². The second kappa shape index (κ2) is 6.65. The van der Waals surface area contributed by atoms with Crippen molar-refractivity contribution in [3.05, 3.63) is 11.8 Å². The van der Waals surface area contributed by atoms with Crippen molar-refractivity contribution in [1.82, 2.24) is 14.7 Å². The van der Waals surface area contributed by atoms with E-state index in [0.29, 0.717) is 4.90 Å². The number of anilines is 1. The number of alkyl halides is 3. The van der Waals surface area contributed by atoms with E-state index in [2.05, 4.69) is 10.4 Å². The fourth-order valence-corrected chi connectivity index (χ4v) is 1.47. The molecule has 7 nitrogen and oxygen atoms in total. The first-order chi connectivity index (χ1) is 10.1. The average molecular weight is 319 g/mol. The third-order valence-electron chi connectivity index (χ3n) is 2.78. The highest BCUT2D eigenvalue weighted by atomic mass is 19.4. The van der Waals surface area contributed by atoms with E-state index in [9.17, 15) is 18.0 Å². The van der Waals surface area contributed by atoms with E-state index in [1.807, 2.05) is 19.9 Å². The number of carbonyl (C=O) groups is 1. The van der Waals surface area contributed by atoms with Gasteiger partial charge in [-0.3, -0.25) is 10.00 Å². The lowest BCUT2D eigenvalue weighted by Crippen LogP contribution is -2.43. The molecule has 0 bridgehead atoms. The minimum absolute atomic E-state index is 0.0467. The molecule has 0 radical (unpaired) electrons. The highest BCUT2D eigenvalue weighted by Crippen LogP contribution is 2.21. The van der Waals surface area contributed by atoms with Gasteiger partial charge in [0, 0.05) is 19.3 Å². The highest BCUT2D eigenvalue weighted by molar-refractivity contribution is 5.89. The van der Waals surface area contributed by atoms with E-state index in [0.717, 1.165) is 7.05 Å². The fourth-order valence-electron chi connectivity index (χ4n) is 1.47. The van der Waals surface area contributed by atoms with Crippen molar-refractivity contribution in [2.45, 2.75) is 32.2 Å². The maximum Gasteiger partial charge on any atom is 0.416 e. The Bertz CT molecular complexity index is 576. The van der Waals surface area contributed by atoms with Crippen LogP contribution < -0.4 is 5.32 Å². The molecule has 1 heterocycles. The van der Waals surface area contributed by atoms with E-state index in [4.69, 9.17) is 10.4 Å². The van der Waals surface area contributed by atoms with Crippen molar-refractivity contribution < 1.29 is 23.1 Å². The van der Waals surface area contributed by atoms with Crippen molar-refractivity contribution in [3.8, 4) is 6.07 Å². The molecule has 0 aliphatic carbocycles. The summed E-state index contributed by atoms with van der Waals surface area (Å²) < 4.78 is 38.2. The number of aromatic nitrogens is 2. The molecule has 0 unspecified atom stereocenters. The Morgan fingerprint density at radius 3 is 2.64 bits per heavy atom. The van der Waals surface area contributed by atoms with Gasteiger partial charge in [-0.15, -0.1) is 0 Å². The summed E-state index contributed by atoms with van der Waals surface area (Å²) in [5.41, 5.74) is 0.0896. The molecule has 0 spiro atoms. The minimum atomic E-state index is -4.81. The molecular formula is C12H16F3N5O2. The molecule has 1 aromatic rings. The van der Waals surface area contributed by atoms with Crippen LogP contribution in [0.3, 0.4) is 0 Å². The summed E-state index contributed by atoms with van der Waals surface area (Å²) in [7, 11) is 1.09. The maximum absolute atomic E-state index is 12.2. The zero-order chi connectivity index (χ0) is 17.1. The monoisotopic (exact) mass is 319 g/mol. The second-order valence-electron chi connectivity index (χ2n) is 4.95. The first kappa shape index (κ1) is 17.8. The van der Waals surface area contributed by atoms with Crippen LogP contribution in [0.2, 0.25) is 0 Å². The molecule has 1 atom stereocenters. The number of carbonyl (C=O) groups excluding carboxylic acids is 1. The SMILES string of the molecule is CC(C)n1cc(C#N)c(NC(=O)N(C)C[C@@H](O)C(F)(F)F)n1. The molecule has 0 saturated heterocycles. The predicted molar refractivity (Wildman–Crippen MR) is 71.0 cm³/mol. The molecule has 10 heteroatoms. The maximum atomic E-state index is 12.2. The summed E-state index contributed by atoms with van der Waals surface area (Å²) in [5, 5.41) is 24.1. The van der Waals surface area contributed by atoms with Crippen molar-refractivity contribution >= 4 is 11.8 Å². The van der Waals surface area contributed by atoms with Gasteiger partial charge in [0.2, 0.25) is 0 Å². The van der Waals surface area contributed by atoms with E-state index in [-0.39, 0.29) is 17.4 Å². The molecular weight excluding hydrogens is 303 g/mol. The van der Waals surface area contributed by atoms with E-state index < -0.39 is 24.9 Å². The van der Waals surface area contributed by atoms with Crippen LogP contribution in [0.5, 0.6) is 0 Å². The lowest BCUT2D eigenvalue weighted by atomic mass is 10.3. The summed E-state index contributed by atoms with van der Waals surface area (Å²) >= 11 is 0. The Labute approximate surface area is 124 Å². The molecule has 0 aromatic carbocycles. The van der Waals surface area contributed by atoms with Crippen LogP contribution in [-0.2, 0) is 0 Å². The zero-order valence-corrected chi connectivity index (χ0v) is 12.2. The molecule has 0 fully saturated rings. The Balaban J connectivity index is 2.78. The smallest absolute Gasteiger partial charge is 0.382 e. The summed E-state index contributed by atoms with van der Waals surface area (Å²) in [6.07, 6.45) is -6.04. The highest BCUT2D eigenvalue weighted by Gasteiger charge is 2.39. The lowest BCUT2D eigenvalue weighted by molar-refractivity contribution is -0.205. The van der Waals surface area contributed by atoms with Gasteiger partial charge in [0.1, 0.15) is 11.6 Å². The molecule has 1 rings (SSSR count). The summed E-state index contributed by atoms with van der Waals surface area (Å²) in [4.78, 5) is 12.5. The number of nitrogens with one attached hydrogen (secondary N) is 1. The third-order valence-corrected chi connectivity index (χ3v) is 2.78. The van der Waals surface area contributed by atoms with Crippen LogP contribution in [0.4, 0.5) is 23.8 Å². The molecule has 0 saturated carbocycles. The lowest BCUT2D eigenvalue weighted by Gasteiger charge is -2.22. The number of nitriles is 1. The van der Waals surface area contributed by atoms with Crippen LogP contribution in [0.1, 0.15) is 25.5 Å². The molecule has 1 aromatic heterocycles. The number of hydrogen-bond donors (Lipinski definition) is 2. The van der Waals surface area contributed by atoms with E-state index >= 15 is 0 Å². The molecule has 2 N–H and O–H groups in total. The molecule has 22 heavy (non-hydrogen) atoms. The molecule has 2 amide bonds. The Morgan fingerprint density at radius 1 is 1.59 bits per heavy atom. The average Bonchev–Trinajstić information content (AvgIpc) is 2.80. The van der Waals surface area contributed by atoms with Crippen LogP contribution in [0, 0.1) is 11.3 Å². The molecule has 122 valence electrons. The van der Waals surface area contributed by atoms with Gasteiger partial charge in [0.15, 0.2) is 11.9 Å². The summed E-state index contributed by atoms with van der Waals surface area (Å²) in [6, 6.07) is 0.872. The molecule has 0 aliphatic rings. The van der Waals surface area contributed by atoms with Gasteiger partial charge in [-0.2, -0.15) is 23.5 Å². The Kier molecular flexibility index (Phi) is 5.38. The molecule has 0 aliphatic heterocycles. The van der Waals surface area contributed by atoms with Gasteiger partial charge in [-0.25, -0.2) is 4.79 Å². The minimum Gasteiger partial charge on any atom is -0.382 e. The summed E-state index contributed by atoms with van der Waals surface area (Å²) in [6.45, 7) is 2.69. The topological polar surface area (TPSA) is 94.2 Å². The first-order valence-corrected chi connectivity index (χ1v) is 6.32. The number of hydrogen-bond acceptors (Lipinski definition) is 4. The van der Waals surface area contributed by atoms with Gasteiger partial charge in [-0.05, 0) is 13.8 Å². The standard InChI is InChI=1S/C12H16F3N5O2/c1-7(2)20-5-8(4-16)10(18-20)17-11(22)19(3)6-9(21)12(13,14)15/h5,7,9,21H,6H2,1-3H3,(H,17,18,22)/t9-/m1/s1. The van der Waals surface area contributed by atoms with Crippen molar-refractivity contribution in [2.24, 2.45) is 0 Å². The first-order valence-electron chi connectivity index (χ1n) is 6.32. The Morgan fingerprint density at radius 2 is 2.18 bits per heavy atom. The van der Waals surface area contributed by atoms with Crippen molar-refractivity contribution in [1.29, 1.82) is 5.26 Å². The van der Waals surface area contributed by atoms with Crippen LogP contribution in [0.15, 0.2) is 6.20 Å². The number of urea groups is 1. The number of aliphatic hydroxyl groups is 1. The number of nitrogens with zero attached hydrogens (tertiary/aromatic N) is 4. The van der Waals surface area contributed by atoms with E-state index in [1.54, 1.807) is 0 Å². The van der Waals surface area contributed by atoms with Gasteiger partial charge < -0.3 is 10.0 Å². The van der Waals surface area contributed by atoms with Crippen molar-refractivity contribution in [3.63, 3.8) is 0 Å². The predicted octanol–water partition coefficient (Wildman–Crippen LogP) is 1.72. The van der Waals surface area contributed by atoms with E-state index in [1.165, 1.54) is 10.9 Å². The van der Waals surface area contributed by atoms with Crippen LogP contribution in [0.25, 0.3) is 0 Å². The number of aliphatic hydroxyl groups excluding tert-OH is 1. The normalized spacial score (nSPS) is 12.9. The van der Waals surface area contributed by atoms with Crippen LogP contribution >= 0.6 is 0 Å². The zero-order valence-electron chi connectivity index (χ0n) is 12.2. The largest absolute Gasteiger partial charge is 0.416 e. The fraction of sp³-hybridized carbons (Fsp3) is 0.583.